The number of aromatic nitrogens is 1. The van der Waals surface area contributed by atoms with Crippen molar-refractivity contribution in [2.45, 2.75) is 13.2 Å². The maximum atomic E-state index is 13.0. The molecule has 1 aromatic heterocycles. The average Bonchev–Trinajstić information content (AvgIpc) is 3.30. The number of nitrogens with one attached hydrogen (secondary N) is 1. The van der Waals surface area contributed by atoms with Gasteiger partial charge in [-0.15, -0.1) is 0 Å². The van der Waals surface area contributed by atoms with E-state index < -0.39 is 5.91 Å². The molecular weight excluding hydrogens is 494 g/mol. The molecule has 0 bridgehead atoms. The van der Waals surface area contributed by atoms with Crippen molar-refractivity contribution in [3.8, 4) is 11.8 Å². The van der Waals surface area contributed by atoms with E-state index in [0.717, 1.165) is 27.6 Å². The largest absolute Gasteiger partial charge is 0.489 e. The van der Waals surface area contributed by atoms with Crippen LogP contribution in [-0.2, 0) is 17.9 Å². The van der Waals surface area contributed by atoms with E-state index in [0.29, 0.717) is 29.6 Å². The third-order valence-electron chi connectivity index (χ3n) is 6.11. The summed E-state index contributed by atoms with van der Waals surface area (Å²) in [4.78, 5) is 13.0. The second kappa shape index (κ2) is 11.5. The van der Waals surface area contributed by atoms with Crippen molar-refractivity contribution in [2.24, 2.45) is 0 Å². The van der Waals surface area contributed by atoms with E-state index in [4.69, 9.17) is 16.3 Å². The molecule has 4 aromatic carbocycles. The number of carbonyl (C=O) groups excluding carboxylic acids is 1. The van der Waals surface area contributed by atoms with Crippen LogP contribution in [0.3, 0.4) is 0 Å². The lowest BCUT2D eigenvalue weighted by Gasteiger charge is -2.08. The van der Waals surface area contributed by atoms with Gasteiger partial charge in [0.25, 0.3) is 5.91 Å². The van der Waals surface area contributed by atoms with Crippen LogP contribution in [0.15, 0.2) is 115 Å². The fourth-order valence-corrected chi connectivity index (χ4v) is 4.31. The zero-order valence-electron chi connectivity index (χ0n) is 20.5. The molecule has 0 aliphatic carbocycles. The first-order chi connectivity index (χ1) is 18.6. The van der Waals surface area contributed by atoms with Crippen molar-refractivity contribution in [1.82, 2.24) is 4.57 Å². The molecule has 5 rings (SSSR count). The predicted molar refractivity (Wildman–Crippen MR) is 152 cm³/mol. The molecule has 5 nitrogen and oxygen atoms in total. The molecule has 186 valence electrons. The molecule has 0 fully saturated rings. The Kier molecular flexibility index (Phi) is 7.54. The van der Waals surface area contributed by atoms with Gasteiger partial charge >= 0.3 is 0 Å². The van der Waals surface area contributed by atoms with E-state index in [-0.39, 0.29) is 5.57 Å². The summed E-state index contributed by atoms with van der Waals surface area (Å²) in [5.41, 5.74) is 4.57. The maximum absolute atomic E-state index is 13.0. The standard InChI is InChI=1S/C32H24ClN3O2/c33-27-12-10-23(11-13-27)20-36-21-26(30-8-4-5-9-31(30)36)18-25(19-34)32(37)35-28-14-16-29(17-15-28)38-22-24-6-2-1-3-7-24/h1-18,21H,20,22H2,(H,35,37)/b25-18+. The Morgan fingerprint density at radius 1 is 0.895 bits per heavy atom. The Bertz CT molecular complexity index is 1630. The molecule has 1 heterocycles. The van der Waals surface area contributed by atoms with Crippen LogP contribution in [-0.4, -0.2) is 10.5 Å². The van der Waals surface area contributed by atoms with Crippen LogP contribution >= 0.6 is 11.6 Å². The van der Waals surface area contributed by atoms with Gasteiger partial charge in [0.2, 0.25) is 0 Å². The molecule has 0 spiro atoms. The number of para-hydroxylation sites is 1. The first-order valence-electron chi connectivity index (χ1n) is 12.1. The summed E-state index contributed by atoms with van der Waals surface area (Å²) in [6, 6.07) is 34.7. The third-order valence-corrected chi connectivity index (χ3v) is 6.36. The van der Waals surface area contributed by atoms with Crippen LogP contribution in [0.5, 0.6) is 5.75 Å². The Balaban J connectivity index is 1.31. The fraction of sp³-hybridized carbons (Fsp3) is 0.0625. The van der Waals surface area contributed by atoms with Gasteiger partial charge in [0.1, 0.15) is 24.0 Å². The predicted octanol–water partition coefficient (Wildman–Crippen LogP) is 7.47. The van der Waals surface area contributed by atoms with E-state index >= 15 is 0 Å². The monoisotopic (exact) mass is 517 g/mol. The van der Waals surface area contributed by atoms with Gasteiger partial charge in [0.15, 0.2) is 0 Å². The Hall–Kier alpha value is -4.79. The van der Waals surface area contributed by atoms with Crippen LogP contribution in [0.1, 0.15) is 16.7 Å². The molecule has 0 unspecified atom stereocenters. The zero-order chi connectivity index (χ0) is 26.3. The Morgan fingerprint density at radius 3 is 2.34 bits per heavy atom. The summed E-state index contributed by atoms with van der Waals surface area (Å²) >= 11 is 6.03. The number of nitriles is 1. The minimum Gasteiger partial charge on any atom is -0.489 e. The van der Waals surface area contributed by atoms with Gasteiger partial charge in [0, 0.05) is 39.9 Å². The lowest BCUT2D eigenvalue weighted by Crippen LogP contribution is -2.13. The van der Waals surface area contributed by atoms with Crippen LogP contribution in [0.2, 0.25) is 5.02 Å². The van der Waals surface area contributed by atoms with Crippen molar-refractivity contribution in [1.29, 1.82) is 5.26 Å². The van der Waals surface area contributed by atoms with Gasteiger partial charge in [-0.05, 0) is 59.7 Å². The van der Waals surface area contributed by atoms with Crippen molar-refractivity contribution < 1.29 is 9.53 Å². The molecule has 5 aromatic rings. The summed E-state index contributed by atoms with van der Waals surface area (Å²) in [5, 5.41) is 14.2. The van der Waals surface area contributed by atoms with Gasteiger partial charge in [-0.3, -0.25) is 4.79 Å². The van der Waals surface area contributed by atoms with Crippen LogP contribution in [0, 0.1) is 11.3 Å². The molecule has 38 heavy (non-hydrogen) atoms. The Labute approximate surface area is 226 Å². The molecule has 6 heteroatoms. The summed E-state index contributed by atoms with van der Waals surface area (Å²) in [5.74, 6) is 0.219. The van der Waals surface area contributed by atoms with Gasteiger partial charge < -0.3 is 14.6 Å². The van der Waals surface area contributed by atoms with Gasteiger partial charge in [-0.2, -0.15) is 5.26 Å². The number of amides is 1. The van der Waals surface area contributed by atoms with Gasteiger partial charge in [-0.25, -0.2) is 0 Å². The topological polar surface area (TPSA) is 67.0 Å². The van der Waals surface area contributed by atoms with Crippen molar-refractivity contribution in [3.63, 3.8) is 0 Å². The number of hydrogen-bond donors (Lipinski definition) is 1. The molecule has 0 radical (unpaired) electrons. The lowest BCUT2D eigenvalue weighted by atomic mass is 10.1. The molecule has 0 saturated carbocycles. The number of hydrogen-bond acceptors (Lipinski definition) is 3. The minimum atomic E-state index is -0.472. The number of fused-ring (bicyclic) bond motifs is 1. The smallest absolute Gasteiger partial charge is 0.266 e. The van der Waals surface area contributed by atoms with Crippen molar-refractivity contribution in [2.75, 3.05) is 5.32 Å². The van der Waals surface area contributed by atoms with E-state index in [1.165, 1.54) is 0 Å². The SMILES string of the molecule is N#C/C(=C\c1cn(Cc2ccc(Cl)cc2)c2ccccc12)C(=O)Nc1ccc(OCc2ccccc2)cc1. The molecule has 1 N–H and O–H groups in total. The van der Waals surface area contributed by atoms with Crippen LogP contribution < -0.4 is 10.1 Å². The summed E-state index contributed by atoms with van der Waals surface area (Å²) in [7, 11) is 0. The van der Waals surface area contributed by atoms with Gasteiger partial charge in [-0.1, -0.05) is 72.3 Å². The molecule has 0 saturated heterocycles. The fourth-order valence-electron chi connectivity index (χ4n) is 4.19. The quantitative estimate of drug-likeness (QED) is 0.171. The van der Waals surface area contributed by atoms with E-state index in [1.54, 1.807) is 30.3 Å². The van der Waals surface area contributed by atoms with E-state index in [1.807, 2.05) is 85.1 Å². The van der Waals surface area contributed by atoms with Crippen molar-refractivity contribution in [3.05, 3.63) is 137 Å². The number of nitrogens with zero attached hydrogens (tertiary/aromatic N) is 2. The van der Waals surface area contributed by atoms with Crippen LogP contribution in [0.4, 0.5) is 5.69 Å². The summed E-state index contributed by atoms with van der Waals surface area (Å²) in [6.45, 7) is 1.10. The van der Waals surface area contributed by atoms with Crippen LogP contribution in [0.25, 0.3) is 17.0 Å². The summed E-state index contributed by atoms with van der Waals surface area (Å²) in [6.07, 6.45) is 3.59. The second-order valence-corrected chi connectivity index (χ2v) is 9.21. The number of anilines is 1. The number of benzene rings is 4. The Morgan fingerprint density at radius 2 is 1.61 bits per heavy atom. The second-order valence-electron chi connectivity index (χ2n) is 8.78. The highest BCUT2D eigenvalue weighted by Crippen LogP contribution is 2.25. The highest BCUT2D eigenvalue weighted by Gasteiger charge is 2.13. The normalized spacial score (nSPS) is 11.2. The van der Waals surface area contributed by atoms with Gasteiger partial charge in [0.05, 0.1) is 0 Å². The minimum absolute atomic E-state index is 0.0174. The van der Waals surface area contributed by atoms with Crippen molar-refractivity contribution >= 4 is 40.2 Å². The maximum Gasteiger partial charge on any atom is 0.266 e. The third kappa shape index (κ3) is 5.95. The number of ether oxygens (including phenoxy) is 1. The molecular formula is C32H24ClN3O2. The zero-order valence-corrected chi connectivity index (χ0v) is 21.2. The molecule has 0 aliphatic heterocycles. The first kappa shape index (κ1) is 24.9. The first-order valence-corrected chi connectivity index (χ1v) is 12.5. The molecule has 0 aliphatic rings. The molecule has 0 atom stereocenters. The highest BCUT2D eigenvalue weighted by atomic mass is 35.5. The number of rotatable bonds is 8. The van der Waals surface area contributed by atoms with E-state index in [9.17, 15) is 10.1 Å². The lowest BCUT2D eigenvalue weighted by molar-refractivity contribution is -0.112. The molecule has 1 amide bonds. The summed E-state index contributed by atoms with van der Waals surface area (Å²) < 4.78 is 7.91. The number of carbonyl (C=O) groups is 1. The average molecular weight is 518 g/mol. The number of halogens is 1. The highest BCUT2D eigenvalue weighted by molar-refractivity contribution is 6.30. The van der Waals surface area contributed by atoms with E-state index in [2.05, 4.69) is 16.0 Å².